The van der Waals surface area contributed by atoms with Crippen LogP contribution >= 0.6 is 0 Å². The largest absolute Gasteiger partial charge is 0.497 e. The third-order valence-electron chi connectivity index (χ3n) is 4.97. The maximum atomic E-state index is 12.8. The Bertz CT molecular complexity index is 1230. The van der Waals surface area contributed by atoms with Crippen LogP contribution in [0.15, 0.2) is 85.2 Å². The fraction of sp³-hybridized carbons (Fsp3) is 0.115. The molecule has 7 heteroatoms. The molecule has 0 aliphatic heterocycles. The van der Waals surface area contributed by atoms with Crippen molar-refractivity contribution in [2.75, 3.05) is 14.2 Å². The zero-order valence-corrected chi connectivity index (χ0v) is 18.3. The van der Waals surface area contributed by atoms with Gasteiger partial charge in [0, 0.05) is 35.6 Å². The number of amides is 1. The molecule has 7 nitrogen and oxygen atoms in total. The summed E-state index contributed by atoms with van der Waals surface area (Å²) in [5.74, 6) is 1.84. The second-order valence-corrected chi connectivity index (χ2v) is 7.11. The molecule has 33 heavy (non-hydrogen) atoms. The number of hydrogen-bond acceptors (Lipinski definition) is 6. The van der Waals surface area contributed by atoms with Crippen LogP contribution in [0.5, 0.6) is 23.3 Å². The smallest absolute Gasteiger partial charge is 0.321 e. The number of hydrogen-bond donors (Lipinski definition) is 1. The minimum atomic E-state index is -0.202. The Labute approximate surface area is 192 Å². The molecule has 3 aromatic carbocycles. The van der Waals surface area contributed by atoms with Gasteiger partial charge in [-0.2, -0.15) is 0 Å². The van der Waals surface area contributed by atoms with E-state index in [1.54, 1.807) is 38.7 Å². The summed E-state index contributed by atoms with van der Waals surface area (Å²) in [6.07, 6.45) is 3.34. The van der Waals surface area contributed by atoms with Gasteiger partial charge in [-0.15, -0.1) is 0 Å². The molecular formula is C26H23N3O4. The molecule has 4 aromatic rings. The monoisotopic (exact) mass is 441 g/mol. The maximum Gasteiger partial charge on any atom is 0.321 e. The van der Waals surface area contributed by atoms with Gasteiger partial charge in [-0.1, -0.05) is 30.3 Å². The van der Waals surface area contributed by atoms with E-state index in [0.29, 0.717) is 29.4 Å². The Morgan fingerprint density at radius 3 is 2.33 bits per heavy atom. The minimum absolute atomic E-state index is 0.202. The van der Waals surface area contributed by atoms with E-state index in [0.717, 1.165) is 16.7 Å². The summed E-state index contributed by atoms with van der Waals surface area (Å²) in [5, 5.41) is 2.93. The molecule has 0 aliphatic carbocycles. The average Bonchev–Trinajstić information content (AvgIpc) is 2.88. The number of nitrogens with zero attached hydrogens (tertiary/aromatic N) is 2. The summed E-state index contributed by atoms with van der Waals surface area (Å²) < 4.78 is 16.3. The topological polar surface area (TPSA) is 82.6 Å². The average molecular weight is 441 g/mol. The van der Waals surface area contributed by atoms with Crippen LogP contribution in [0.3, 0.4) is 0 Å². The molecule has 1 N–H and O–H groups in total. The van der Waals surface area contributed by atoms with Gasteiger partial charge in [0.1, 0.15) is 17.2 Å². The lowest BCUT2D eigenvalue weighted by Gasteiger charge is -2.12. The maximum absolute atomic E-state index is 12.8. The highest BCUT2D eigenvalue weighted by Crippen LogP contribution is 2.25. The SMILES string of the molecule is COc1ccc(OC)c(CNC(=O)c2cccc(-c3cnc(Oc4ccccc4)nc3)c2)c1. The Morgan fingerprint density at radius 1 is 0.818 bits per heavy atom. The first-order valence-electron chi connectivity index (χ1n) is 10.3. The van der Waals surface area contributed by atoms with Crippen molar-refractivity contribution in [1.29, 1.82) is 0 Å². The van der Waals surface area contributed by atoms with Gasteiger partial charge in [0.05, 0.1) is 14.2 Å². The predicted octanol–water partition coefficient (Wildman–Crippen LogP) is 4.88. The van der Waals surface area contributed by atoms with Crippen molar-refractivity contribution >= 4 is 5.91 Å². The summed E-state index contributed by atoms with van der Waals surface area (Å²) in [4.78, 5) is 21.3. The molecule has 0 atom stereocenters. The third-order valence-corrected chi connectivity index (χ3v) is 4.97. The zero-order chi connectivity index (χ0) is 23.0. The van der Waals surface area contributed by atoms with Crippen molar-refractivity contribution < 1.29 is 19.0 Å². The Balaban J connectivity index is 1.45. The molecule has 0 unspecified atom stereocenters. The van der Waals surface area contributed by atoms with Crippen LogP contribution in [0.2, 0.25) is 0 Å². The van der Waals surface area contributed by atoms with Crippen molar-refractivity contribution in [3.63, 3.8) is 0 Å². The molecule has 0 radical (unpaired) electrons. The van der Waals surface area contributed by atoms with E-state index in [4.69, 9.17) is 14.2 Å². The van der Waals surface area contributed by atoms with Gasteiger partial charge in [-0.3, -0.25) is 4.79 Å². The highest BCUT2D eigenvalue weighted by Gasteiger charge is 2.11. The highest BCUT2D eigenvalue weighted by molar-refractivity contribution is 5.95. The van der Waals surface area contributed by atoms with E-state index >= 15 is 0 Å². The first kappa shape index (κ1) is 21.8. The molecule has 0 fully saturated rings. The Morgan fingerprint density at radius 2 is 1.61 bits per heavy atom. The fourth-order valence-electron chi connectivity index (χ4n) is 3.25. The van der Waals surface area contributed by atoms with Gasteiger partial charge in [0.2, 0.25) is 0 Å². The first-order chi connectivity index (χ1) is 16.2. The summed E-state index contributed by atoms with van der Waals surface area (Å²) in [5.41, 5.74) is 2.95. The summed E-state index contributed by atoms with van der Waals surface area (Å²) in [6, 6.07) is 22.3. The van der Waals surface area contributed by atoms with Crippen LogP contribution in [0.25, 0.3) is 11.1 Å². The van der Waals surface area contributed by atoms with Crippen molar-refractivity contribution in [2.24, 2.45) is 0 Å². The number of nitrogens with one attached hydrogen (secondary N) is 1. The van der Waals surface area contributed by atoms with Crippen molar-refractivity contribution in [3.8, 4) is 34.4 Å². The van der Waals surface area contributed by atoms with Gasteiger partial charge in [-0.25, -0.2) is 9.97 Å². The van der Waals surface area contributed by atoms with Crippen molar-refractivity contribution in [2.45, 2.75) is 6.54 Å². The van der Waals surface area contributed by atoms with E-state index in [1.165, 1.54) is 0 Å². The van der Waals surface area contributed by atoms with E-state index in [2.05, 4.69) is 15.3 Å². The molecule has 0 bridgehead atoms. The Kier molecular flexibility index (Phi) is 6.80. The molecule has 1 amide bonds. The van der Waals surface area contributed by atoms with Gasteiger partial charge in [-0.05, 0) is 48.0 Å². The van der Waals surface area contributed by atoms with E-state index in [1.807, 2.05) is 60.7 Å². The molecule has 0 saturated heterocycles. The minimum Gasteiger partial charge on any atom is -0.497 e. The van der Waals surface area contributed by atoms with Crippen LogP contribution in [0.1, 0.15) is 15.9 Å². The van der Waals surface area contributed by atoms with Crippen LogP contribution < -0.4 is 19.5 Å². The van der Waals surface area contributed by atoms with Crippen LogP contribution in [0, 0.1) is 0 Å². The predicted molar refractivity (Wildman–Crippen MR) is 125 cm³/mol. The molecular weight excluding hydrogens is 418 g/mol. The van der Waals surface area contributed by atoms with E-state index in [-0.39, 0.29) is 11.9 Å². The zero-order valence-electron chi connectivity index (χ0n) is 18.3. The summed E-state index contributed by atoms with van der Waals surface area (Å²) >= 11 is 0. The van der Waals surface area contributed by atoms with Gasteiger partial charge in [0.15, 0.2) is 0 Å². The van der Waals surface area contributed by atoms with E-state index < -0.39 is 0 Å². The lowest BCUT2D eigenvalue weighted by atomic mass is 10.1. The quantitative estimate of drug-likeness (QED) is 0.420. The number of rotatable bonds is 8. The molecule has 0 saturated carbocycles. The lowest BCUT2D eigenvalue weighted by molar-refractivity contribution is 0.0950. The Hall–Kier alpha value is -4.39. The number of para-hydroxylation sites is 1. The fourth-order valence-corrected chi connectivity index (χ4v) is 3.25. The molecule has 166 valence electrons. The van der Waals surface area contributed by atoms with Crippen molar-refractivity contribution in [3.05, 3.63) is 96.3 Å². The number of ether oxygens (including phenoxy) is 3. The van der Waals surface area contributed by atoms with Gasteiger partial charge in [0.25, 0.3) is 5.91 Å². The van der Waals surface area contributed by atoms with E-state index in [9.17, 15) is 4.79 Å². The highest BCUT2D eigenvalue weighted by atomic mass is 16.5. The summed E-state index contributed by atoms with van der Waals surface area (Å²) in [6.45, 7) is 0.304. The molecule has 0 aliphatic rings. The number of aromatic nitrogens is 2. The second kappa shape index (κ2) is 10.3. The first-order valence-corrected chi connectivity index (χ1v) is 10.3. The normalized spacial score (nSPS) is 10.4. The van der Waals surface area contributed by atoms with Crippen LogP contribution in [0.4, 0.5) is 0 Å². The summed E-state index contributed by atoms with van der Waals surface area (Å²) in [7, 11) is 3.19. The number of carbonyl (C=O) groups is 1. The van der Waals surface area contributed by atoms with Gasteiger partial charge < -0.3 is 19.5 Å². The number of carbonyl (C=O) groups excluding carboxylic acids is 1. The van der Waals surface area contributed by atoms with Crippen molar-refractivity contribution in [1.82, 2.24) is 15.3 Å². The van der Waals surface area contributed by atoms with Crippen LogP contribution in [-0.2, 0) is 6.54 Å². The third kappa shape index (κ3) is 5.46. The number of benzene rings is 3. The standard InChI is InChI=1S/C26H23N3O4/c1-31-23-11-12-24(32-2)20(14-23)15-27-25(30)19-8-6-7-18(13-19)21-16-28-26(29-17-21)33-22-9-4-3-5-10-22/h3-14,16-17H,15H2,1-2H3,(H,27,30). The molecule has 4 rings (SSSR count). The molecule has 1 heterocycles. The number of methoxy groups -OCH3 is 2. The molecule has 0 spiro atoms. The molecule has 1 aromatic heterocycles. The van der Waals surface area contributed by atoms with Crippen LogP contribution in [-0.4, -0.2) is 30.1 Å². The van der Waals surface area contributed by atoms with Gasteiger partial charge >= 0.3 is 6.01 Å². The lowest BCUT2D eigenvalue weighted by Crippen LogP contribution is -2.23. The second-order valence-electron chi connectivity index (χ2n) is 7.11.